The lowest BCUT2D eigenvalue weighted by Crippen LogP contribution is -2.42. The van der Waals surface area contributed by atoms with Crippen LogP contribution < -0.4 is 5.56 Å². The number of carbonyl (C=O) groups is 2. The number of hydrogen-bond acceptors (Lipinski definition) is 3. The van der Waals surface area contributed by atoms with Gasteiger partial charge < -0.3 is 14.6 Å². The molecule has 1 amide bonds. The first-order chi connectivity index (χ1) is 14.6. The molecule has 168 valence electrons. The summed E-state index contributed by atoms with van der Waals surface area (Å²) < 4.78 is 28.4. The third-order valence-electron chi connectivity index (χ3n) is 5.92. The topological polar surface area (TPSA) is 79.6 Å². The molecule has 0 aliphatic heterocycles. The Morgan fingerprint density at radius 3 is 2.52 bits per heavy atom. The summed E-state index contributed by atoms with van der Waals surface area (Å²) in [6.07, 6.45) is 2.50. The number of fused-ring (bicyclic) bond motifs is 1. The Kier molecular flexibility index (Phi) is 6.99. The Morgan fingerprint density at radius 1 is 1.19 bits per heavy atom. The smallest absolute Gasteiger partial charge is 0.303 e. The SMILES string of the molecule is CN(C(=O)c1c(Cl)ccc2c(=O)n(CCCCC(=O)O)ccc12)C1CCC(F)(F)CC1. The lowest BCUT2D eigenvalue weighted by molar-refractivity contribution is -0.137. The van der Waals surface area contributed by atoms with E-state index >= 15 is 0 Å². The first kappa shape index (κ1) is 23.2. The number of aryl methyl sites for hydroxylation is 1. The van der Waals surface area contributed by atoms with E-state index in [1.807, 2.05) is 0 Å². The molecule has 1 fully saturated rings. The van der Waals surface area contributed by atoms with E-state index in [1.165, 1.54) is 15.5 Å². The van der Waals surface area contributed by atoms with E-state index in [9.17, 15) is 23.2 Å². The highest BCUT2D eigenvalue weighted by molar-refractivity contribution is 6.35. The van der Waals surface area contributed by atoms with Gasteiger partial charge in [-0.3, -0.25) is 14.4 Å². The average molecular weight is 455 g/mol. The van der Waals surface area contributed by atoms with Crippen LogP contribution in [0.3, 0.4) is 0 Å². The molecule has 1 aliphatic carbocycles. The second-order valence-electron chi connectivity index (χ2n) is 8.05. The summed E-state index contributed by atoms with van der Waals surface area (Å²) >= 11 is 6.32. The predicted molar refractivity (Wildman–Crippen MR) is 114 cm³/mol. The van der Waals surface area contributed by atoms with Gasteiger partial charge in [0.25, 0.3) is 11.5 Å². The molecule has 0 spiro atoms. The van der Waals surface area contributed by atoms with Crippen LogP contribution in [0.1, 0.15) is 55.3 Å². The standard InChI is InChI=1S/C22H25ClF2N2O4/c1-26(14-7-10-22(24,25)11-8-14)21(31)19-15-9-13-27(12-3-2-4-18(28)29)20(30)16(15)5-6-17(19)23/h5-6,9,13-14H,2-4,7-8,10-12H2,1H3,(H,28,29). The zero-order valence-corrected chi connectivity index (χ0v) is 18.0. The molecule has 9 heteroatoms. The number of unbranched alkanes of at least 4 members (excludes halogenated alkanes) is 1. The number of carboxylic acids is 1. The summed E-state index contributed by atoms with van der Waals surface area (Å²) in [4.78, 5) is 38.2. The van der Waals surface area contributed by atoms with Crippen molar-refractivity contribution in [2.24, 2.45) is 0 Å². The van der Waals surface area contributed by atoms with Gasteiger partial charge >= 0.3 is 5.97 Å². The van der Waals surface area contributed by atoms with Crippen molar-refractivity contribution in [3.63, 3.8) is 0 Å². The molecule has 2 aromatic rings. The number of aromatic nitrogens is 1. The van der Waals surface area contributed by atoms with Gasteiger partial charge in [0.15, 0.2) is 0 Å². The highest BCUT2D eigenvalue weighted by atomic mass is 35.5. The molecule has 1 aromatic heterocycles. The predicted octanol–water partition coefficient (Wildman–Crippen LogP) is 4.56. The summed E-state index contributed by atoms with van der Waals surface area (Å²) in [5.41, 5.74) is -0.104. The number of rotatable bonds is 7. The van der Waals surface area contributed by atoms with Crippen molar-refractivity contribution in [2.75, 3.05) is 7.05 Å². The normalized spacial score (nSPS) is 16.4. The van der Waals surface area contributed by atoms with Gasteiger partial charge in [-0.15, -0.1) is 0 Å². The van der Waals surface area contributed by atoms with Crippen molar-refractivity contribution in [3.05, 3.63) is 45.3 Å². The molecule has 0 unspecified atom stereocenters. The maximum Gasteiger partial charge on any atom is 0.303 e. The van der Waals surface area contributed by atoms with E-state index in [-0.39, 0.29) is 54.3 Å². The summed E-state index contributed by atoms with van der Waals surface area (Å²) in [7, 11) is 1.58. The molecule has 1 N–H and O–H groups in total. The first-order valence-corrected chi connectivity index (χ1v) is 10.7. The van der Waals surface area contributed by atoms with Crippen LogP contribution in [-0.4, -0.2) is 45.5 Å². The van der Waals surface area contributed by atoms with Crippen LogP contribution in [0.5, 0.6) is 0 Å². The number of halogens is 3. The average Bonchev–Trinajstić information content (AvgIpc) is 2.71. The molecule has 0 atom stereocenters. The minimum absolute atomic E-state index is 0.0377. The van der Waals surface area contributed by atoms with Gasteiger partial charge in [0.2, 0.25) is 5.92 Å². The summed E-state index contributed by atoms with van der Waals surface area (Å²) in [6, 6.07) is 4.39. The summed E-state index contributed by atoms with van der Waals surface area (Å²) in [5.74, 6) is -3.97. The van der Waals surface area contributed by atoms with E-state index in [0.29, 0.717) is 30.2 Å². The Bertz CT molecular complexity index is 1040. The summed E-state index contributed by atoms with van der Waals surface area (Å²) in [5, 5.41) is 9.67. The van der Waals surface area contributed by atoms with Crippen molar-refractivity contribution in [3.8, 4) is 0 Å². The van der Waals surface area contributed by atoms with Crippen molar-refractivity contribution in [1.29, 1.82) is 0 Å². The number of alkyl halides is 2. The molecule has 31 heavy (non-hydrogen) atoms. The van der Waals surface area contributed by atoms with Gasteiger partial charge in [-0.2, -0.15) is 0 Å². The van der Waals surface area contributed by atoms with E-state index in [0.717, 1.165) is 0 Å². The quantitative estimate of drug-likeness (QED) is 0.622. The third-order valence-corrected chi connectivity index (χ3v) is 6.23. The maximum absolute atomic E-state index is 13.5. The van der Waals surface area contributed by atoms with Gasteiger partial charge in [0.05, 0.1) is 10.6 Å². The minimum atomic E-state index is -2.69. The van der Waals surface area contributed by atoms with Gasteiger partial charge in [-0.1, -0.05) is 11.6 Å². The molecule has 6 nitrogen and oxygen atoms in total. The number of hydrogen-bond donors (Lipinski definition) is 1. The number of amides is 1. The molecule has 0 bridgehead atoms. The molecule has 3 rings (SSSR count). The van der Waals surface area contributed by atoms with Crippen molar-refractivity contribution in [1.82, 2.24) is 9.47 Å². The highest BCUT2D eigenvalue weighted by Gasteiger charge is 2.37. The number of carboxylic acid groups (broad SMARTS) is 1. The van der Waals surface area contributed by atoms with Crippen molar-refractivity contribution < 1.29 is 23.5 Å². The number of aliphatic carboxylic acids is 1. The highest BCUT2D eigenvalue weighted by Crippen LogP contribution is 2.36. The lowest BCUT2D eigenvalue weighted by Gasteiger charge is -2.34. The fourth-order valence-electron chi connectivity index (χ4n) is 4.05. The molecule has 0 radical (unpaired) electrons. The molecule has 0 saturated heterocycles. The summed E-state index contributed by atoms with van der Waals surface area (Å²) in [6.45, 7) is 0.365. The molecule has 1 heterocycles. The van der Waals surface area contributed by atoms with Crippen LogP contribution in [0.4, 0.5) is 8.78 Å². The Morgan fingerprint density at radius 2 is 1.87 bits per heavy atom. The van der Waals surface area contributed by atoms with Crippen LogP contribution in [0.15, 0.2) is 29.2 Å². The minimum Gasteiger partial charge on any atom is -0.481 e. The van der Waals surface area contributed by atoms with Crippen LogP contribution >= 0.6 is 11.6 Å². The van der Waals surface area contributed by atoms with Crippen molar-refractivity contribution >= 4 is 34.2 Å². The van der Waals surface area contributed by atoms with Crippen LogP contribution in [0.25, 0.3) is 10.8 Å². The van der Waals surface area contributed by atoms with Gasteiger partial charge in [0.1, 0.15) is 0 Å². The van der Waals surface area contributed by atoms with Crippen molar-refractivity contribution in [2.45, 2.75) is 63.5 Å². The zero-order valence-electron chi connectivity index (χ0n) is 17.2. The lowest BCUT2D eigenvalue weighted by atomic mass is 9.91. The number of benzene rings is 1. The number of nitrogens with zero attached hydrogens (tertiary/aromatic N) is 2. The molecule has 1 aliphatic rings. The van der Waals surface area contributed by atoms with Crippen LogP contribution in [0.2, 0.25) is 5.02 Å². The first-order valence-electron chi connectivity index (χ1n) is 10.3. The van der Waals surface area contributed by atoms with E-state index in [2.05, 4.69) is 0 Å². The second kappa shape index (κ2) is 9.34. The van der Waals surface area contributed by atoms with E-state index < -0.39 is 17.8 Å². The zero-order chi connectivity index (χ0) is 22.8. The fourth-order valence-corrected chi connectivity index (χ4v) is 4.29. The van der Waals surface area contributed by atoms with Gasteiger partial charge in [-0.05, 0) is 43.9 Å². The van der Waals surface area contributed by atoms with E-state index in [4.69, 9.17) is 16.7 Å². The molecular weight excluding hydrogens is 430 g/mol. The Hall–Kier alpha value is -2.48. The van der Waals surface area contributed by atoms with E-state index in [1.54, 1.807) is 25.4 Å². The number of carbonyl (C=O) groups excluding carboxylic acids is 1. The largest absolute Gasteiger partial charge is 0.481 e. The van der Waals surface area contributed by atoms with Gasteiger partial charge in [0, 0.05) is 55.9 Å². The molecule has 1 saturated carbocycles. The van der Waals surface area contributed by atoms with Crippen LogP contribution in [0, 0.1) is 0 Å². The third kappa shape index (κ3) is 5.23. The molecular formula is C22H25ClF2N2O4. The monoisotopic (exact) mass is 454 g/mol. The Labute approximate surface area is 183 Å². The molecule has 1 aromatic carbocycles. The Balaban J connectivity index is 1.86. The van der Waals surface area contributed by atoms with Gasteiger partial charge in [-0.25, -0.2) is 8.78 Å². The van der Waals surface area contributed by atoms with Crippen LogP contribution in [-0.2, 0) is 11.3 Å². The number of pyridine rings is 1. The second-order valence-corrected chi connectivity index (χ2v) is 8.46. The fraction of sp³-hybridized carbons (Fsp3) is 0.500. The maximum atomic E-state index is 13.5.